The first-order valence-corrected chi connectivity index (χ1v) is 7.06. The van der Waals surface area contributed by atoms with Crippen LogP contribution in [0.2, 0.25) is 0 Å². The standard InChI is InChI=1S/C15H19F3N2O/c16-15(17,18)13-4-2-12(3-5-13)10-14(21)11-20-8-1-6-19-7-9-20/h2-5,19H,1,6-11H2. The number of carbonyl (C=O) groups excluding carboxylic acids is 1. The number of Topliss-reactive ketones (excluding diaryl/α,β-unsaturated/α-hetero) is 1. The SMILES string of the molecule is O=C(Cc1ccc(C(F)(F)F)cc1)CN1CCCNCC1. The van der Waals surface area contributed by atoms with E-state index in [2.05, 4.69) is 10.2 Å². The number of carbonyl (C=O) groups is 1. The number of ketones is 1. The molecule has 0 atom stereocenters. The molecule has 0 aromatic heterocycles. The summed E-state index contributed by atoms with van der Waals surface area (Å²) >= 11 is 0. The minimum absolute atomic E-state index is 0.0386. The molecule has 1 fully saturated rings. The van der Waals surface area contributed by atoms with Crippen molar-refractivity contribution >= 4 is 5.78 Å². The Hall–Kier alpha value is -1.40. The molecular formula is C15H19F3N2O. The molecule has 0 amide bonds. The Morgan fingerprint density at radius 2 is 1.86 bits per heavy atom. The summed E-state index contributed by atoms with van der Waals surface area (Å²) in [5.74, 6) is 0.0386. The predicted molar refractivity (Wildman–Crippen MR) is 74.1 cm³/mol. The van der Waals surface area contributed by atoms with E-state index in [4.69, 9.17) is 0 Å². The molecular weight excluding hydrogens is 281 g/mol. The number of nitrogens with zero attached hydrogens (tertiary/aromatic N) is 1. The molecule has 1 aliphatic rings. The van der Waals surface area contributed by atoms with E-state index >= 15 is 0 Å². The zero-order valence-corrected chi connectivity index (χ0v) is 11.7. The van der Waals surface area contributed by atoms with Crippen molar-refractivity contribution in [2.45, 2.75) is 19.0 Å². The van der Waals surface area contributed by atoms with Crippen molar-refractivity contribution < 1.29 is 18.0 Å². The second kappa shape index (κ2) is 7.04. The zero-order chi connectivity index (χ0) is 15.3. The molecule has 2 rings (SSSR count). The average molecular weight is 300 g/mol. The number of benzene rings is 1. The minimum Gasteiger partial charge on any atom is -0.315 e. The van der Waals surface area contributed by atoms with Crippen LogP contribution < -0.4 is 5.32 Å². The van der Waals surface area contributed by atoms with E-state index in [0.29, 0.717) is 12.1 Å². The van der Waals surface area contributed by atoms with E-state index in [1.807, 2.05) is 0 Å². The molecule has 0 aliphatic carbocycles. The summed E-state index contributed by atoms with van der Waals surface area (Å²) in [6, 6.07) is 4.81. The molecule has 0 radical (unpaired) electrons. The highest BCUT2D eigenvalue weighted by Crippen LogP contribution is 2.29. The molecule has 0 saturated carbocycles. The summed E-state index contributed by atoms with van der Waals surface area (Å²) in [5.41, 5.74) is -0.0572. The van der Waals surface area contributed by atoms with Gasteiger partial charge in [0.25, 0.3) is 0 Å². The maximum Gasteiger partial charge on any atom is 0.416 e. The summed E-state index contributed by atoms with van der Waals surface area (Å²) in [7, 11) is 0. The fourth-order valence-corrected chi connectivity index (χ4v) is 2.40. The van der Waals surface area contributed by atoms with Crippen LogP contribution in [0.25, 0.3) is 0 Å². The lowest BCUT2D eigenvalue weighted by molar-refractivity contribution is -0.137. The second-order valence-electron chi connectivity index (χ2n) is 5.29. The fourth-order valence-electron chi connectivity index (χ4n) is 2.40. The van der Waals surface area contributed by atoms with Gasteiger partial charge in [-0.05, 0) is 37.2 Å². The molecule has 0 spiro atoms. The Morgan fingerprint density at radius 1 is 1.14 bits per heavy atom. The highest BCUT2D eigenvalue weighted by molar-refractivity contribution is 5.82. The highest BCUT2D eigenvalue weighted by atomic mass is 19.4. The lowest BCUT2D eigenvalue weighted by Gasteiger charge is -2.18. The molecule has 3 nitrogen and oxygen atoms in total. The highest BCUT2D eigenvalue weighted by Gasteiger charge is 2.29. The van der Waals surface area contributed by atoms with E-state index in [0.717, 1.165) is 44.7 Å². The molecule has 0 unspecified atom stereocenters. The van der Waals surface area contributed by atoms with Gasteiger partial charge >= 0.3 is 6.18 Å². The van der Waals surface area contributed by atoms with E-state index in [9.17, 15) is 18.0 Å². The third kappa shape index (κ3) is 5.13. The van der Waals surface area contributed by atoms with Gasteiger partial charge in [-0.1, -0.05) is 12.1 Å². The van der Waals surface area contributed by atoms with Gasteiger partial charge in [-0.25, -0.2) is 0 Å². The average Bonchev–Trinajstić information content (AvgIpc) is 2.67. The Bertz CT molecular complexity index is 463. The van der Waals surface area contributed by atoms with Gasteiger partial charge in [0.2, 0.25) is 0 Å². The van der Waals surface area contributed by atoms with E-state index in [1.165, 1.54) is 12.1 Å². The number of hydrogen-bond acceptors (Lipinski definition) is 3. The van der Waals surface area contributed by atoms with Crippen LogP contribution in [-0.2, 0) is 17.4 Å². The second-order valence-corrected chi connectivity index (χ2v) is 5.29. The van der Waals surface area contributed by atoms with Crippen LogP contribution in [-0.4, -0.2) is 43.4 Å². The summed E-state index contributed by atoms with van der Waals surface area (Å²) in [4.78, 5) is 14.1. The predicted octanol–water partition coefficient (Wildman–Crippen LogP) is 2.11. The normalized spacial score (nSPS) is 17.5. The van der Waals surface area contributed by atoms with Crippen LogP contribution in [0.15, 0.2) is 24.3 Å². The van der Waals surface area contributed by atoms with Crippen molar-refractivity contribution in [3.63, 3.8) is 0 Å². The molecule has 1 N–H and O–H groups in total. The van der Waals surface area contributed by atoms with Crippen LogP contribution in [0.5, 0.6) is 0 Å². The van der Waals surface area contributed by atoms with Crippen molar-refractivity contribution in [2.75, 3.05) is 32.7 Å². The molecule has 116 valence electrons. The summed E-state index contributed by atoms with van der Waals surface area (Å²) in [5, 5.41) is 3.26. The number of halogens is 3. The Labute approximate surface area is 122 Å². The summed E-state index contributed by atoms with van der Waals surface area (Å²) in [6.45, 7) is 3.91. The molecule has 1 aliphatic heterocycles. The monoisotopic (exact) mass is 300 g/mol. The third-order valence-electron chi connectivity index (χ3n) is 3.52. The fraction of sp³-hybridized carbons (Fsp3) is 0.533. The van der Waals surface area contributed by atoms with Crippen LogP contribution >= 0.6 is 0 Å². The van der Waals surface area contributed by atoms with E-state index in [1.54, 1.807) is 0 Å². The third-order valence-corrected chi connectivity index (χ3v) is 3.52. The van der Waals surface area contributed by atoms with Crippen molar-refractivity contribution in [3.05, 3.63) is 35.4 Å². The van der Waals surface area contributed by atoms with Gasteiger partial charge in [0.05, 0.1) is 12.1 Å². The maximum atomic E-state index is 12.5. The van der Waals surface area contributed by atoms with Crippen LogP contribution in [0, 0.1) is 0 Å². The van der Waals surface area contributed by atoms with Crippen LogP contribution in [0.3, 0.4) is 0 Å². The van der Waals surface area contributed by atoms with Gasteiger partial charge in [0.15, 0.2) is 5.78 Å². The Balaban J connectivity index is 1.87. The van der Waals surface area contributed by atoms with Crippen molar-refractivity contribution in [3.8, 4) is 0 Å². The largest absolute Gasteiger partial charge is 0.416 e. The zero-order valence-electron chi connectivity index (χ0n) is 11.7. The minimum atomic E-state index is -4.33. The smallest absolute Gasteiger partial charge is 0.315 e. The lowest BCUT2D eigenvalue weighted by Crippen LogP contribution is -2.33. The van der Waals surface area contributed by atoms with Crippen LogP contribution in [0.4, 0.5) is 13.2 Å². The number of rotatable bonds is 4. The topological polar surface area (TPSA) is 32.3 Å². The number of nitrogens with one attached hydrogen (secondary N) is 1. The first kappa shape index (κ1) is 16.0. The van der Waals surface area contributed by atoms with Gasteiger partial charge in [-0.15, -0.1) is 0 Å². The maximum absolute atomic E-state index is 12.5. The van der Waals surface area contributed by atoms with Crippen LogP contribution in [0.1, 0.15) is 17.5 Å². The molecule has 1 aromatic carbocycles. The molecule has 6 heteroatoms. The summed E-state index contributed by atoms with van der Waals surface area (Å²) in [6.07, 6.45) is -3.14. The molecule has 1 heterocycles. The van der Waals surface area contributed by atoms with Crippen molar-refractivity contribution in [1.82, 2.24) is 10.2 Å². The van der Waals surface area contributed by atoms with Gasteiger partial charge in [-0.3, -0.25) is 9.69 Å². The molecule has 0 bridgehead atoms. The first-order valence-electron chi connectivity index (χ1n) is 7.06. The molecule has 1 saturated heterocycles. The number of alkyl halides is 3. The van der Waals surface area contributed by atoms with E-state index in [-0.39, 0.29) is 12.2 Å². The lowest BCUT2D eigenvalue weighted by atomic mass is 10.1. The van der Waals surface area contributed by atoms with Gasteiger partial charge < -0.3 is 5.32 Å². The molecule has 1 aromatic rings. The van der Waals surface area contributed by atoms with Crippen molar-refractivity contribution in [2.24, 2.45) is 0 Å². The number of hydrogen-bond donors (Lipinski definition) is 1. The first-order chi connectivity index (χ1) is 9.95. The van der Waals surface area contributed by atoms with E-state index < -0.39 is 11.7 Å². The summed E-state index contributed by atoms with van der Waals surface area (Å²) < 4.78 is 37.4. The van der Waals surface area contributed by atoms with Crippen molar-refractivity contribution in [1.29, 1.82) is 0 Å². The quantitative estimate of drug-likeness (QED) is 0.924. The Kier molecular flexibility index (Phi) is 5.36. The Morgan fingerprint density at radius 3 is 2.52 bits per heavy atom. The van der Waals surface area contributed by atoms with Gasteiger partial charge in [-0.2, -0.15) is 13.2 Å². The van der Waals surface area contributed by atoms with Gasteiger partial charge in [0.1, 0.15) is 0 Å². The van der Waals surface area contributed by atoms with Gasteiger partial charge in [0, 0.05) is 19.5 Å². The molecule has 21 heavy (non-hydrogen) atoms.